The highest BCUT2D eigenvalue weighted by Crippen LogP contribution is 2.39. The molecule has 1 N–H and O–H groups in total. The molecule has 0 aliphatic heterocycles. The molecule has 3 aromatic rings. The summed E-state index contributed by atoms with van der Waals surface area (Å²) in [5.74, 6) is -0.238. The van der Waals surface area contributed by atoms with Gasteiger partial charge in [0, 0.05) is 17.7 Å². The molecule has 0 radical (unpaired) electrons. The first-order valence-electron chi connectivity index (χ1n) is 8.77. The number of hydrogen-bond acceptors (Lipinski definition) is 5. The number of para-hydroxylation sites is 2. The van der Waals surface area contributed by atoms with Gasteiger partial charge in [-0.05, 0) is 42.5 Å². The molecule has 0 aliphatic rings. The molecule has 0 aromatic heterocycles. The van der Waals surface area contributed by atoms with Gasteiger partial charge >= 0.3 is 6.18 Å². The van der Waals surface area contributed by atoms with Crippen molar-refractivity contribution >= 4 is 17.3 Å². The van der Waals surface area contributed by atoms with Gasteiger partial charge in [-0.1, -0.05) is 12.1 Å². The molecule has 3 rings (SSSR count). The Hall–Kier alpha value is -4.08. The number of alkyl halides is 3. The van der Waals surface area contributed by atoms with E-state index in [4.69, 9.17) is 9.47 Å². The molecule has 0 saturated heterocycles. The first-order chi connectivity index (χ1) is 14.7. The number of rotatable bonds is 6. The van der Waals surface area contributed by atoms with Gasteiger partial charge in [-0.15, -0.1) is 0 Å². The maximum atomic E-state index is 13.2. The lowest BCUT2D eigenvalue weighted by Crippen LogP contribution is -2.14. The number of halogens is 3. The first kappa shape index (κ1) is 21.6. The van der Waals surface area contributed by atoms with E-state index < -0.39 is 22.6 Å². The van der Waals surface area contributed by atoms with E-state index in [2.05, 4.69) is 5.32 Å². The number of nitrogens with zero attached hydrogens (tertiary/aromatic N) is 1. The number of nitro benzene ring substituents is 1. The number of non-ortho nitro benzene ring substituents is 1. The zero-order valence-corrected chi connectivity index (χ0v) is 16.0. The first-order valence-corrected chi connectivity index (χ1v) is 8.77. The summed E-state index contributed by atoms with van der Waals surface area (Å²) in [7, 11) is 1.41. The van der Waals surface area contributed by atoms with E-state index in [0.717, 1.165) is 30.3 Å². The van der Waals surface area contributed by atoms with Crippen LogP contribution in [-0.2, 0) is 6.18 Å². The molecule has 0 spiro atoms. The maximum absolute atomic E-state index is 13.2. The van der Waals surface area contributed by atoms with Crippen molar-refractivity contribution in [3.05, 3.63) is 88.0 Å². The van der Waals surface area contributed by atoms with Crippen LogP contribution in [0.2, 0.25) is 0 Å². The minimum atomic E-state index is -4.64. The molecule has 0 fully saturated rings. The van der Waals surface area contributed by atoms with Gasteiger partial charge in [0.2, 0.25) is 0 Å². The summed E-state index contributed by atoms with van der Waals surface area (Å²) in [6.45, 7) is 0. The SMILES string of the molecule is COc1ccccc1Oc1ccc(C(F)(F)F)cc1NC(=O)c1ccc([N+](=O)[O-])cc1. The zero-order chi connectivity index (χ0) is 22.6. The molecule has 160 valence electrons. The second-order valence-corrected chi connectivity index (χ2v) is 6.22. The van der Waals surface area contributed by atoms with Crippen molar-refractivity contribution in [1.29, 1.82) is 0 Å². The normalized spacial score (nSPS) is 11.0. The summed E-state index contributed by atoms with van der Waals surface area (Å²) < 4.78 is 50.4. The Morgan fingerprint density at radius 3 is 2.19 bits per heavy atom. The fourth-order valence-electron chi connectivity index (χ4n) is 2.64. The molecule has 0 aliphatic carbocycles. The summed E-state index contributed by atoms with van der Waals surface area (Å²) in [6.07, 6.45) is -4.64. The molecular weight excluding hydrogens is 417 g/mol. The van der Waals surface area contributed by atoms with Gasteiger partial charge < -0.3 is 14.8 Å². The van der Waals surface area contributed by atoms with E-state index in [0.29, 0.717) is 5.75 Å². The van der Waals surface area contributed by atoms with Crippen molar-refractivity contribution in [2.45, 2.75) is 6.18 Å². The fraction of sp³-hybridized carbons (Fsp3) is 0.0952. The van der Waals surface area contributed by atoms with Crippen LogP contribution in [0.15, 0.2) is 66.7 Å². The lowest BCUT2D eigenvalue weighted by molar-refractivity contribution is -0.384. The van der Waals surface area contributed by atoms with Crippen molar-refractivity contribution in [2.75, 3.05) is 12.4 Å². The highest BCUT2D eigenvalue weighted by Gasteiger charge is 2.31. The summed E-state index contributed by atoms with van der Waals surface area (Å²) in [6, 6.07) is 13.8. The third kappa shape index (κ3) is 5.10. The average Bonchev–Trinajstić information content (AvgIpc) is 2.74. The van der Waals surface area contributed by atoms with Crippen LogP contribution < -0.4 is 14.8 Å². The number of methoxy groups -OCH3 is 1. The van der Waals surface area contributed by atoms with E-state index in [1.165, 1.54) is 19.2 Å². The minimum absolute atomic E-state index is 0.0197. The number of carbonyl (C=O) groups excluding carboxylic acids is 1. The van der Waals surface area contributed by atoms with Crippen molar-refractivity contribution in [3.8, 4) is 17.2 Å². The number of nitrogens with one attached hydrogen (secondary N) is 1. The standard InChI is InChI=1S/C21H15F3N2O5/c1-30-18-4-2-3-5-19(18)31-17-11-8-14(21(22,23)24)12-16(17)25-20(27)13-6-9-15(10-7-13)26(28)29/h2-12H,1H3,(H,25,27). The lowest BCUT2D eigenvalue weighted by Gasteiger charge is -2.16. The molecule has 0 atom stereocenters. The number of amides is 1. The fourth-order valence-corrected chi connectivity index (χ4v) is 2.64. The lowest BCUT2D eigenvalue weighted by atomic mass is 10.1. The Bertz CT molecular complexity index is 1110. The van der Waals surface area contributed by atoms with Crippen molar-refractivity contribution < 1.29 is 32.4 Å². The molecular formula is C21H15F3N2O5. The largest absolute Gasteiger partial charge is 0.493 e. The number of carbonyl (C=O) groups is 1. The van der Waals surface area contributed by atoms with E-state index >= 15 is 0 Å². The molecule has 0 saturated carbocycles. The van der Waals surface area contributed by atoms with E-state index in [1.807, 2.05) is 0 Å². The van der Waals surface area contributed by atoms with Gasteiger partial charge in [0.15, 0.2) is 17.2 Å². The third-order valence-corrected chi connectivity index (χ3v) is 4.18. The smallest absolute Gasteiger partial charge is 0.416 e. The van der Waals surface area contributed by atoms with E-state index in [-0.39, 0.29) is 28.4 Å². The maximum Gasteiger partial charge on any atom is 0.416 e. The highest BCUT2D eigenvalue weighted by atomic mass is 19.4. The monoisotopic (exact) mass is 432 g/mol. The molecule has 0 bridgehead atoms. The van der Waals surface area contributed by atoms with Crippen molar-refractivity contribution in [3.63, 3.8) is 0 Å². The summed E-state index contributed by atoms with van der Waals surface area (Å²) >= 11 is 0. The van der Waals surface area contributed by atoms with Crippen molar-refractivity contribution in [1.82, 2.24) is 0 Å². The summed E-state index contributed by atoms with van der Waals surface area (Å²) in [4.78, 5) is 22.7. The van der Waals surface area contributed by atoms with Crippen molar-refractivity contribution in [2.24, 2.45) is 0 Å². The van der Waals surface area contributed by atoms with Crippen LogP contribution >= 0.6 is 0 Å². The Morgan fingerprint density at radius 2 is 1.61 bits per heavy atom. The predicted octanol–water partition coefficient (Wildman–Crippen LogP) is 5.67. The Morgan fingerprint density at radius 1 is 0.968 bits per heavy atom. The quantitative estimate of drug-likeness (QED) is 0.401. The van der Waals surface area contributed by atoms with E-state index in [1.54, 1.807) is 24.3 Å². The Balaban J connectivity index is 1.95. The van der Waals surface area contributed by atoms with Crippen LogP contribution in [0.5, 0.6) is 17.2 Å². The van der Waals surface area contributed by atoms with Crippen LogP contribution in [-0.4, -0.2) is 17.9 Å². The van der Waals surface area contributed by atoms with Gasteiger partial charge in [-0.2, -0.15) is 13.2 Å². The number of nitro groups is 1. The zero-order valence-electron chi connectivity index (χ0n) is 16.0. The number of anilines is 1. The topological polar surface area (TPSA) is 90.7 Å². The van der Waals surface area contributed by atoms with Gasteiger partial charge in [-0.3, -0.25) is 14.9 Å². The second-order valence-electron chi connectivity index (χ2n) is 6.22. The van der Waals surface area contributed by atoms with Gasteiger partial charge in [0.1, 0.15) is 0 Å². The highest BCUT2D eigenvalue weighted by molar-refractivity contribution is 6.05. The summed E-state index contributed by atoms with van der Waals surface area (Å²) in [5.41, 5.74) is -1.43. The molecule has 31 heavy (non-hydrogen) atoms. The van der Waals surface area contributed by atoms with Crippen LogP contribution in [0, 0.1) is 10.1 Å². The van der Waals surface area contributed by atoms with Gasteiger partial charge in [-0.25, -0.2) is 0 Å². The van der Waals surface area contributed by atoms with Crippen LogP contribution in [0.25, 0.3) is 0 Å². The number of ether oxygens (including phenoxy) is 2. The van der Waals surface area contributed by atoms with Crippen LogP contribution in [0.1, 0.15) is 15.9 Å². The molecule has 1 amide bonds. The molecule has 3 aromatic carbocycles. The molecule has 10 heteroatoms. The summed E-state index contributed by atoms with van der Waals surface area (Å²) in [5, 5.41) is 13.1. The molecule has 7 nitrogen and oxygen atoms in total. The predicted molar refractivity (Wildman–Crippen MR) is 106 cm³/mol. The third-order valence-electron chi connectivity index (χ3n) is 4.18. The molecule has 0 heterocycles. The second kappa shape index (κ2) is 8.74. The van der Waals surface area contributed by atoms with Crippen LogP contribution in [0.4, 0.5) is 24.5 Å². The van der Waals surface area contributed by atoms with Crippen LogP contribution in [0.3, 0.4) is 0 Å². The Kier molecular flexibility index (Phi) is 6.10. The number of benzene rings is 3. The van der Waals surface area contributed by atoms with E-state index in [9.17, 15) is 28.1 Å². The minimum Gasteiger partial charge on any atom is -0.493 e. The Labute approximate surface area is 174 Å². The average molecular weight is 432 g/mol. The molecule has 0 unspecified atom stereocenters. The number of hydrogen-bond donors (Lipinski definition) is 1. The van der Waals surface area contributed by atoms with Gasteiger partial charge in [0.25, 0.3) is 11.6 Å². The van der Waals surface area contributed by atoms with Gasteiger partial charge in [0.05, 0.1) is 23.3 Å².